The van der Waals surface area contributed by atoms with Crippen LogP contribution in [0.2, 0.25) is 0 Å². The number of nitrogen functional groups attached to an aromatic ring is 1. The summed E-state index contributed by atoms with van der Waals surface area (Å²) >= 11 is 0. The molecule has 1 aliphatic rings. The zero-order chi connectivity index (χ0) is 23.5. The summed E-state index contributed by atoms with van der Waals surface area (Å²) in [5, 5.41) is 4.33. The normalized spacial score (nSPS) is 13.7. The molecule has 1 saturated heterocycles. The maximum absolute atomic E-state index is 13.1. The molecule has 0 atom stereocenters. The van der Waals surface area contributed by atoms with Crippen LogP contribution in [-0.4, -0.2) is 71.8 Å². The van der Waals surface area contributed by atoms with Crippen LogP contribution in [0.5, 0.6) is 11.5 Å². The van der Waals surface area contributed by atoms with Crippen molar-refractivity contribution in [2.24, 2.45) is 0 Å². The van der Waals surface area contributed by atoms with E-state index in [0.29, 0.717) is 54.6 Å². The molecule has 2 aromatic carbocycles. The summed E-state index contributed by atoms with van der Waals surface area (Å²) in [5.74, 6) is 1.06. The molecule has 0 unspecified atom stereocenters. The number of benzene rings is 2. The molecule has 33 heavy (non-hydrogen) atoms. The maximum atomic E-state index is 13.1. The van der Waals surface area contributed by atoms with Crippen molar-refractivity contribution < 1.29 is 19.1 Å². The monoisotopic (exact) mass is 449 g/mol. The largest absolute Gasteiger partial charge is 0.493 e. The van der Waals surface area contributed by atoms with Gasteiger partial charge in [0, 0.05) is 31.7 Å². The number of hydrogen-bond acceptors (Lipinski definition) is 6. The summed E-state index contributed by atoms with van der Waals surface area (Å²) < 4.78 is 12.1. The number of carbonyl (C=O) groups is 2. The molecule has 4 rings (SSSR count). The van der Waals surface area contributed by atoms with E-state index in [4.69, 9.17) is 15.2 Å². The molecule has 0 bridgehead atoms. The summed E-state index contributed by atoms with van der Waals surface area (Å²) in [6, 6.07) is 12.8. The first-order chi connectivity index (χ1) is 15.9. The molecule has 1 fully saturated rings. The maximum Gasteiger partial charge on any atom is 0.259 e. The average molecular weight is 450 g/mol. The number of methoxy groups -OCH3 is 2. The standard InChI is InChI=1S/C24H27N5O4/c1-16-6-4-5-7-19(16)29-22(25)18(15-26-29)24(31)28-12-10-27(11-13-28)23(30)17-8-9-20(32-2)21(14-17)33-3/h4-9,14-15H,10-13,25H2,1-3H3. The highest BCUT2D eigenvalue weighted by atomic mass is 16.5. The average Bonchev–Trinajstić information content (AvgIpc) is 3.23. The second-order valence-electron chi connectivity index (χ2n) is 7.80. The molecule has 3 aromatic rings. The van der Waals surface area contributed by atoms with Gasteiger partial charge in [0.15, 0.2) is 11.5 Å². The van der Waals surface area contributed by atoms with Crippen LogP contribution in [0.15, 0.2) is 48.7 Å². The van der Waals surface area contributed by atoms with Crippen LogP contribution in [0.1, 0.15) is 26.3 Å². The highest BCUT2D eigenvalue weighted by Gasteiger charge is 2.28. The van der Waals surface area contributed by atoms with Crippen molar-refractivity contribution in [2.75, 3.05) is 46.1 Å². The molecule has 9 heteroatoms. The minimum absolute atomic E-state index is 0.116. The molecular formula is C24H27N5O4. The Morgan fingerprint density at radius 1 is 0.909 bits per heavy atom. The molecule has 1 aliphatic heterocycles. The lowest BCUT2D eigenvalue weighted by Gasteiger charge is -2.34. The van der Waals surface area contributed by atoms with E-state index in [1.165, 1.54) is 13.3 Å². The molecule has 2 amide bonds. The fraction of sp³-hybridized carbons (Fsp3) is 0.292. The van der Waals surface area contributed by atoms with Crippen LogP contribution in [0, 0.1) is 6.92 Å². The third kappa shape index (κ3) is 4.21. The Balaban J connectivity index is 1.44. The zero-order valence-corrected chi connectivity index (χ0v) is 18.9. The number of nitrogens with two attached hydrogens (primary N) is 1. The van der Waals surface area contributed by atoms with Gasteiger partial charge in [-0.05, 0) is 36.8 Å². The van der Waals surface area contributed by atoms with Gasteiger partial charge in [-0.2, -0.15) is 5.10 Å². The third-order valence-corrected chi connectivity index (χ3v) is 5.87. The zero-order valence-electron chi connectivity index (χ0n) is 18.9. The second kappa shape index (κ2) is 9.23. The SMILES string of the molecule is COc1ccc(C(=O)N2CCN(C(=O)c3cnn(-c4ccccc4C)c3N)CC2)cc1OC. The van der Waals surface area contributed by atoms with Crippen molar-refractivity contribution in [1.29, 1.82) is 0 Å². The first-order valence-electron chi connectivity index (χ1n) is 10.6. The van der Waals surface area contributed by atoms with E-state index in [1.807, 2.05) is 31.2 Å². The molecule has 2 heterocycles. The van der Waals surface area contributed by atoms with Crippen LogP contribution in [0.3, 0.4) is 0 Å². The van der Waals surface area contributed by atoms with E-state index >= 15 is 0 Å². The number of para-hydroxylation sites is 1. The van der Waals surface area contributed by atoms with Gasteiger partial charge in [-0.25, -0.2) is 4.68 Å². The van der Waals surface area contributed by atoms with Gasteiger partial charge in [0.1, 0.15) is 11.4 Å². The summed E-state index contributed by atoms with van der Waals surface area (Å²) in [5.41, 5.74) is 8.99. The Morgan fingerprint density at radius 2 is 1.55 bits per heavy atom. The van der Waals surface area contributed by atoms with Crippen LogP contribution < -0.4 is 15.2 Å². The Bertz CT molecular complexity index is 1180. The smallest absolute Gasteiger partial charge is 0.259 e. The highest BCUT2D eigenvalue weighted by molar-refractivity contribution is 5.99. The molecular weight excluding hydrogens is 422 g/mol. The molecule has 0 saturated carbocycles. The summed E-state index contributed by atoms with van der Waals surface area (Å²) in [7, 11) is 3.08. The fourth-order valence-electron chi connectivity index (χ4n) is 3.95. The van der Waals surface area contributed by atoms with Gasteiger partial charge >= 0.3 is 0 Å². The number of piperazine rings is 1. The number of ether oxygens (including phenoxy) is 2. The van der Waals surface area contributed by atoms with Crippen LogP contribution in [0.4, 0.5) is 5.82 Å². The topological polar surface area (TPSA) is 103 Å². The van der Waals surface area contributed by atoms with Gasteiger partial charge in [0.25, 0.3) is 11.8 Å². The first-order valence-corrected chi connectivity index (χ1v) is 10.6. The highest BCUT2D eigenvalue weighted by Crippen LogP contribution is 2.28. The van der Waals surface area contributed by atoms with E-state index in [0.717, 1.165) is 11.3 Å². The number of rotatable bonds is 5. The molecule has 0 aliphatic carbocycles. The lowest BCUT2D eigenvalue weighted by atomic mass is 10.1. The summed E-state index contributed by atoms with van der Waals surface area (Å²) in [4.78, 5) is 29.5. The van der Waals surface area contributed by atoms with Crippen molar-refractivity contribution in [2.45, 2.75) is 6.92 Å². The van der Waals surface area contributed by atoms with Crippen molar-refractivity contribution in [3.05, 3.63) is 65.4 Å². The molecule has 2 N–H and O–H groups in total. The van der Waals surface area contributed by atoms with E-state index in [1.54, 1.807) is 39.8 Å². The fourth-order valence-corrected chi connectivity index (χ4v) is 3.95. The number of aromatic nitrogens is 2. The molecule has 9 nitrogen and oxygen atoms in total. The van der Waals surface area contributed by atoms with Crippen molar-refractivity contribution >= 4 is 17.6 Å². The lowest BCUT2D eigenvalue weighted by molar-refractivity contribution is 0.0536. The minimum atomic E-state index is -0.189. The Hall–Kier alpha value is -4.01. The van der Waals surface area contributed by atoms with Gasteiger partial charge in [0.2, 0.25) is 0 Å². The quantitative estimate of drug-likeness (QED) is 0.642. The molecule has 0 radical (unpaired) electrons. The van der Waals surface area contributed by atoms with E-state index < -0.39 is 0 Å². The van der Waals surface area contributed by atoms with Gasteiger partial charge < -0.3 is 25.0 Å². The summed E-state index contributed by atoms with van der Waals surface area (Å²) in [6.45, 7) is 3.63. The van der Waals surface area contributed by atoms with Gasteiger partial charge in [0.05, 0.1) is 26.1 Å². The number of hydrogen-bond donors (Lipinski definition) is 1. The first kappa shape index (κ1) is 22.2. The minimum Gasteiger partial charge on any atom is -0.493 e. The van der Waals surface area contributed by atoms with Gasteiger partial charge in [-0.1, -0.05) is 18.2 Å². The van der Waals surface area contributed by atoms with Crippen molar-refractivity contribution in [1.82, 2.24) is 19.6 Å². The van der Waals surface area contributed by atoms with Crippen LogP contribution in [-0.2, 0) is 0 Å². The van der Waals surface area contributed by atoms with Gasteiger partial charge in [-0.3, -0.25) is 9.59 Å². The van der Waals surface area contributed by atoms with Crippen molar-refractivity contribution in [3.8, 4) is 17.2 Å². The number of aryl methyl sites for hydroxylation is 1. The Labute approximate surface area is 192 Å². The number of anilines is 1. The van der Waals surface area contributed by atoms with E-state index in [9.17, 15) is 9.59 Å². The number of amides is 2. The molecule has 172 valence electrons. The second-order valence-corrected chi connectivity index (χ2v) is 7.80. The molecule has 0 spiro atoms. The Kier molecular flexibility index (Phi) is 6.21. The third-order valence-electron chi connectivity index (χ3n) is 5.87. The Morgan fingerprint density at radius 3 is 2.18 bits per heavy atom. The van der Waals surface area contributed by atoms with Crippen LogP contribution >= 0.6 is 0 Å². The van der Waals surface area contributed by atoms with Crippen molar-refractivity contribution in [3.63, 3.8) is 0 Å². The van der Waals surface area contributed by atoms with E-state index in [-0.39, 0.29) is 11.8 Å². The molecule has 1 aromatic heterocycles. The van der Waals surface area contributed by atoms with Gasteiger partial charge in [-0.15, -0.1) is 0 Å². The summed E-state index contributed by atoms with van der Waals surface area (Å²) in [6.07, 6.45) is 1.51. The number of nitrogens with zero attached hydrogens (tertiary/aromatic N) is 4. The lowest BCUT2D eigenvalue weighted by Crippen LogP contribution is -2.50. The predicted octanol–water partition coefficient (Wildman–Crippen LogP) is 2.38. The van der Waals surface area contributed by atoms with E-state index in [2.05, 4.69) is 5.10 Å². The predicted molar refractivity (Wildman–Crippen MR) is 124 cm³/mol. The van der Waals surface area contributed by atoms with Crippen LogP contribution in [0.25, 0.3) is 5.69 Å². The number of carbonyl (C=O) groups excluding carboxylic acids is 2.